The van der Waals surface area contributed by atoms with Crippen LogP contribution < -0.4 is 21.7 Å². The van der Waals surface area contributed by atoms with Crippen molar-refractivity contribution in [3.05, 3.63) is 18.2 Å². The van der Waals surface area contributed by atoms with Crippen molar-refractivity contribution in [2.75, 3.05) is 12.0 Å². The first-order valence-electron chi connectivity index (χ1n) is 9.92. The smallest absolute Gasteiger partial charge is 0.326 e. The maximum absolute atomic E-state index is 12.7. The number of aliphatic carboxylic acids is 1. The molecule has 1 rings (SSSR count). The molecule has 0 bridgehead atoms. The highest BCUT2D eigenvalue weighted by Gasteiger charge is 2.29. The largest absolute Gasteiger partial charge is 0.480 e. The Kier molecular flexibility index (Phi) is 11.0. The van der Waals surface area contributed by atoms with Gasteiger partial charge in [-0.1, -0.05) is 13.8 Å². The van der Waals surface area contributed by atoms with Gasteiger partial charge in [0.25, 0.3) is 0 Å². The molecule has 1 heterocycles. The molecule has 0 aromatic carbocycles. The summed E-state index contributed by atoms with van der Waals surface area (Å²) in [5.41, 5.74) is 6.34. The number of thioether (sulfide) groups is 1. The van der Waals surface area contributed by atoms with E-state index in [-0.39, 0.29) is 12.3 Å². The van der Waals surface area contributed by atoms with Crippen molar-refractivity contribution in [1.29, 1.82) is 0 Å². The van der Waals surface area contributed by atoms with Gasteiger partial charge in [0.2, 0.25) is 17.7 Å². The molecule has 3 amide bonds. The molecule has 4 atom stereocenters. The van der Waals surface area contributed by atoms with Gasteiger partial charge in [0.05, 0.1) is 12.4 Å². The molecule has 31 heavy (non-hydrogen) atoms. The van der Waals surface area contributed by atoms with Crippen molar-refractivity contribution in [3.63, 3.8) is 0 Å². The summed E-state index contributed by atoms with van der Waals surface area (Å²) >= 11 is 1.48. The van der Waals surface area contributed by atoms with Crippen molar-refractivity contribution in [3.8, 4) is 0 Å². The predicted octanol–water partition coefficient (Wildman–Crippen LogP) is -0.752. The normalized spacial score (nSPS) is 14.9. The van der Waals surface area contributed by atoms with Crippen LogP contribution in [0.15, 0.2) is 12.5 Å². The molecular formula is C19H32N6O5S. The second-order valence-electron chi connectivity index (χ2n) is 7.52. The lowest BCUT2D eigenvalue weighted by atomic mass is 10.0. The van der Waals surface area contributed by atoms with Crippen molar-refractivity contribution in [1.82, 2.24) is 25.9 Å². The number of nitrogens with two attached hydrogens (primary N) is 1. The van der Waals surface area contributed by atoms with E-state index in [1.54, 1.807) is 13.8 Å². The van der Waals surface area contributed by atoms with E-state index >= 15 is 0 Å². The van der Waals surface area contributed by atoms with Crippen LogP contribution in [0.1, 0.15) is 32.9 Å². The van der Waals surface area contributed by atoms with Crippen LogP contribution in [0.2, 0.25) is 0 Å². The number of hydrogen-bond donors (Lipinski definition) is 6. The van der Waals surface area contributed by atoms with Crippen LogP contribution >= 0.6 is 11.8 Å². The number of amides is 3. The monoisotopic (exact) mass is 456 g/mol. The summed E-state index contributed by atoms with van der Waals surface area (Å²) in [5, 5.41) is 17.0. The molecule has 7 N–H and O–H groups in total. The van der Waals surface area contributed by atoms with Crippen LogP contribution in [-0.4, -0.2) is 74.9 Å². The Morgan fingerprint density at radius 1 is 1.10 bits per heavy atom. The highest BCUT2D eigenvalue weighted by atomic mass is 32.2. The van der Waals surface area contributed by atoms with Gasteiger partial charge < -0.3 is 31.8 Å². The first kappa shape index (κ1) is 26.4. The van der Waals surface area contributed by atoms with Gasteiger partial charge in [0.15, 0.2) is 0 Å². The van der Waals surface area contributed by atoms with E-state index in [9.17, 15) is 24.3 Å². The van der Waals surface area contributed by atoms with Gasteiger partial charge in [-0.3, -0.25) is 14.4 Å². The van der Waals surface area contributed by atoms with Crippen molar-refractivity contribution in [2.45, 2.75) is 57.8 Å². The van der Waals surface area contributed by atoms with E-state index in [1.165, 1.54) is 31.2 Å². The number of carbonyl (C=O) groups is 4. The SMILES string of the molecule is CSCCC(NC(=O)C(C)NC(=O)C(N)C(C)C)C(=O)NC(Cc1cnc[nH]1)C(=O)O. The number of nitrogens with zero attached hydrogens (tertiary/aromatic N) is 1. The molecular weight excluding hydrogens is 424 g/mol. The molecule has 174 valence electrons. The highest BCUT2D eigenvalue weighted by Crippen LogP contribution is 2.05. The number of carboxylic acids is 1. The Labute approximate surface area is 185 Å². The molecule has 0 radical (unpaired) electrons. The Hall–Kier alpha value is -2.60. The summed E-state index contributed by atoms with van der Waals surface area (Å²) in [4.78, 5) is 55.6. The van der Waals surface area contributed by atoms with Crippen LogP contribution in [0.4, 0.5) is 0 Å². The second kappa shape index (κ2) is 13.0. The van der Waals surface area contributed by atoms with E-state index < -0.39 is 47.9 Å². The van der Waals surface area contributed by atoms with E-state index in [0.29, 0.717) is 17.9 Å². The topological polar surface area (TPSA) is 179 Å². The van der Waals surface area contributed by atoms with E-state index in [2.05, 4.69) is 25.9 Å². The summed E-state index contributed by atoms with van der Waals surface area (Å²) in [5.74, 6) is -2.39. The number of aromatic nitrogens is 2. The number of hydrogen-bond acceptors (Lipinski definition) is 7. The molecule has 0 aliphatic rings. The van der Waals surface area contributed by atoms with Crippen LogP contribution in [-0.2, 0) is 25.6 Å². The van der Waals surface area contributed by atoms with E-state index in [0.717, 1.165) is 0 Å². The quantitative estimate of drug-likeness (QED) is 0.224. The summed E-state index contributed by atoms with van der Waals surface area (Å²) in [6.07, 6.45) is 5.05. The summed E-state index contributed by atoms with van der Waals surface area (Å²) < 4.78 is 0. The number of H-pyrrole nitrogens is 1. The molecule has 0 fully saturated rings. The number of aromatic amines is 1. The molecule has 0 saturated heterocycles. The molecule has 0 saturated carbocycles. The fraction of sp³-hybridized carbons (Fsp3) is 0.632. The summed E-state index contributed by atoms with van der Waals surface area (Å²) in [6, 6.07) is -3.82. The standard InChI is InChI=1S/C19H32N6O5S/c1-10(2)15(20)18(28)23-11(3)16(26)24-13(5-6-31-4)17(27)25-14(19(29)30)7-12-8-21-9-22-12/h8-11,13-15H,5-7,20H2,1-4H3,(H,21,22)(H,23,28)(H,24,26)(H,25,27)(H,29,30). The van der Waals surface area contributed by atoms with Crippen molar-refractivity contribution < 1.29 is 24.3 Å². The van der Waals surface area contributed by atoms with Crippen LogP contribution in [0.25, 0.3) is 0 Å². The van der Waals surface area contributed by atoms with Gasteiger partial charge in [-0.05, 0) is 31.3 Å². The average Bonchev–Trinajstić information content (AvgIpc) is 3.22. The zero-order valence-electron chi connectivity index (χ0n) is 18.2. The number of rotatable bonds is 13. The van der Waals surface area contributed by atoms with Gasteiger partial charge in [-0.15, -0.1) is 0 Å². The maximum Gasteiger partial charge on any atom is 0.326 e. The van der Waals surface area contributed by atoms with Crippen LogP contribution in [0.3, 0.4) is 0 Å². The molecule has 0 aliphatic carbocycles. The Balaban J connectivity index is 2.78. The number of carboxylic acid groups (broad SMARTS) is 1. The molecule has 1 aromatic rings. The average molecular weight is 457 g/mol. The van der Waals surface area contributed by atoms with Gasteiger partial charge in [-0.2, -0.15) is 11.8 Å². The molecule has 12 heteroatoms. The third-order valence-corrected chi connectivity index (χ3v) is 5.25. The minimum atomic E-state index is -1.21. The summed E-state index contributed by atoms with van der Waals surface area (Å²) in [6.45, 7) is 5.07. The minimum absolute atomic E-state index is 0.0177. The lowest BCUT2D eigenvalue weighted by Gasteiger charge is -2.24. The van der Waals surface area contributed by atoms with Crippen LogP contribution in [0.5, 0.6) is 0 Å². The Bertz CT molecular complexity index is 742. The predicted molar refractivity (Wildman–Crippen MR) is 117 cm³/mol. The van der Waals surface area contributed by atoms with E-state index in [1.807, 2.05) is 6.26 Å². The second-order valence-corrected chi connectivity index (χ2v) is 8.51. The molecule has 1 aromatic heterocycles. The zero-order chi connectivity index (χ0) is 23.6. The van der Waals surface area contributed by atoms with Crippen molar-refractivity contribution >= 4 is 35.5 Å². The third-order valence-electron chi connectivity index (χ3n) is 4.61. The highest BCUT2D eigenvalue weighted by molar-refractivity contribution is 7.98. The first-order valence-corrected chi connectivity index (χ1v) is 11.3. The minimum Gasteiger partial charge on any atom is -0.480 e. The van der Waals surface area contributed by atoms with E-state index in [4.69, 9.17) is 5.73 Å². The third kappa shape index (κ3) is 8.97. The Morgan fingerprint density at radius 3 is 2.26 bits per heavy atom. The van der Waals surface area contributed by atoms with Gasteiger partial charge in [0, 0.05) is 18.3 Å². The molecule has 0 aliphatic heterocycles. The number of imidazole rings is 1. The van der Waals surface area contributed by atoms with Crippen LogP contribution in [0, 0.1) is 5.92 Å². The Morgan fingerprint density at radius 2 is 1.74 bits per heavy atom. The lowest BCUT2D eigenvalue weighted by molar-refractivity contribution is -0.142. The molecule has 11 nitrogen and oxygen atoms in total. The van der Waals surface area contributed by atoms with Gasteiger partial charge in [-0.25, -0.2) is 9.78 Å². The zero-order valence-corrected chi connectivity index (χ0v) is 19.0. The lowest BCUT2D eigenvalue weighted by Crippen LogP contribution is -2.57. The molecule has 0 spiro atoms. The first-order chi connectivity index (χ1) is 14.6. The maximum atomic E-state index is 12.7. The van der Waals surface area contributed by atoms with Gasteiger partial charge >= 0.3 is 5.97 Å². The fourth-order valence-electron chi connectivity index (χ4n) is 2.57. The molecule has 4 unspecified atom stereocenters. The summed E-state index contributed by atoms with van der Waals surface area (Å²) in [7, 11) is 0. The fourth-order valence-corrected chi connectivity index (χ4v) is 3.04. The van der Waals surface area contributed by atoms with Crippen molar-refractivity contribution in [2.24, 2.45) is 11.7 Å². The number of nitrogens with one attached hydrogen (secondary N) is 4. The van der Waals surface area contributed by atoms with Gasteiger partial charge in [0.1, 0.15) is 18.1 Å². The number of carbonyl (C=O) groups excluding carboxylic acids is 3.